The van der Waals surface area contributed by atoms with Crippen molar-refractivity contribution < 1.29 is 4.39 Å². The van der Waals surface area contributed by atoms with Crippen LogP contribution < -0.4 is 0 Å². The van der Waals surface area contributed by atoms with Crippen LogP contribution >= 0.6 is 11.8 Å². The maximum Gasteiger partial charge on any atom is 0.191 e. The molecular formula is C22H28FN3S. The van der Waals surface area contributed by atoms with Gasteiger partial charge < -0.3 is 4.57 Å². The molecule has 0 atom stereocenters. The lowest BCUT2D eigenvalue weighted by Gasteiger charge is -2.56. The summed E-state index contributed by atoms with van der Waals surface area (Å²) < 4.78 is 15.7. The third kappa shape index (κ3) is 3.43. The Labute approximate surface area is 165 Å². The molecule has 0 unspecified atom stereocenters. The number of rotatable bonds is 6. The van der Waals surface area contributed by atoms with Crippen LogP contribution in [0.15, 0.2) is 29.4 Å². The molecule has 0 aliphatic heterocycles. The lowest BCUT2D eigenvalue weighted by atomic mass is 9.49. The summed E-state index contributed by atoms with van der Waals surface area (Å²) in [6, 6.07) is 6.84. The van der Waals surface area contributed by atoms with Crippen molar-refractivity contribution in [3.63, 3.8) is 0 Å². The molecule has 4 aliphatic rings. The van der Waals surface area contributed by atoms with Crippen molar-refractivity contribution in [1.82, 2.24) is 14.8 Å². The van der Waals surface area contributed by atoms with E-state index < -0.39 is 0 Å². The highest BCUT2D eigenvalue weighted by molar-refractivity contribution is 7.98. The maximum atomic E-state index is 13.4. The van der Waals surface area contributed by atoms with E-state index in [-0.39, 0.29) is 5.82 Å². The molecule has 4 saturated carbocycles. The lowest BCUT2D eigenvalue weighted by molar-refractivity contribution is -0.0536. The highest BCUT2D eigenvalue weighted by atomic mass is 32.2. The normalized spacial score (nSPS) is 31.6. The second-order valence-corrected chi connectivity index (χ2v) is 10.1. The summed E-state index contributed by atoms with van der Waals surface area (Å²) in [5.74, 6) is 4.63. The van der Waals surface area contributed by atoms with Gasteiger partial charge in [-0.2, -0.15) is 0 Å². The van der Waals surface area contributed by atoms with Gasteiger partial charge in [0.2, 0.25) is 0 Å². The fraction of sp³-hybridized carbons (Fsp3) is 0.636. The molecule has 0 N–H and O–H groups in total. The lowest BCUT2D eigenvalue weighted by Crippen LogP contribution is -2.47. The number of aromatic nitrogens is 3. The zero-order chi connectivity index (χ0) is 18.4. The van der Waals surface area contributed by atoms with Crippen molar-refractivity contribution in [3.05, 3.63) is 41.5 Å². The minimum Gasteiger partial charge on any atom is -0.306 e. The molecule has 4 bridgehead atoms. The second kappa shape index (κ2) is 6.91. The topological polar surface area (TPSA) is 30.7 Å². The summed E-state index contributed by atoms with van der Waals surface area (Å²) >= 11 is 1.67. The van der Waals surface area contributed by atoms with Gasteiger partial charge in [0, 0.05) is 18.7 Å². The molecule has 6 rings (SSSR count). The van der Waals surface area contributed by atoms with Crippen LogP contribution in [0.5, 0.6) is 0 Å². The first kappa shape index (κ1) is 17.7. The van der Waals surface area contributed by atoms with E-state index in [1.54, 1.807) is 23.9 Å². The molecule has 0 saturated heterocycles. The minimum atomic E-state index is -0.174. The van der Waals surface area contributed by atoms with E-state index in [9.17, 15) is 4.39 Å². The molecule has 27 heavy (non-hydrogen) atoms. The van der Waals surface area contributed by atoms with Gasteiger partial charge in [0.15, 0.2) is 5.16 Å². The number of benzene rings is 1. The Morgan fingerprint density at radius 2 is 1.81 bits per heavy atom. The van der Waals surface area contributed by atoms with Gasteiger partial charge in [-0.25, -0.2) is 4.39 Å². The van der Waals surface area contributed by atoms with E-state index in [0.717, 1.165) is 47.2 Å². The average Bonchev–Trinajstić information content (AvgIpc) is 2.99. The third-order valence-corrected chi connectivity index (χ3v) is 8.10. The van der Waals surface area contributed by atoms with Crippen LogP contribution in [0, 0.1) is 29.0 Å². The van der Waals surface area contributed by atoms with Crippen molar-refractivity contribution in [2.24, 2.45) is 23.2 Å². The maximum absolute atomic E-state index is 13.4. The van der Waals surface area contributed by atoms with Gasteiger partial charge in [0.05, 0.1) is 0 Å². The standard InChI is InChI=1S/C22H28FN3S/c1-2-26-20(13-22-10-16-6-17(11-22)8-18(7-16)12-22)24-25-21(26)27-14-15-4-3-5-19(23)9-15/h3-5,9,16-18H,2,6-8,10-14H2,1H3. The first-order valence-electron chi connectivity index (χ1n) is 10.4. The van der Waals surface area contributed by atoms with E-state index in [4.69, 9.17) is 0 Å². The highest BCUT2D eigenvalue weighted by Gasteiger charge is 2.51. The Balaban J connectivity index is 1.32. The van der Waals surface area contributed by atoms with Gasteiger partial charge in [-0.3, -0.25) is 0 Å². The zero-order valence-corrected chi connectivity index (χ0v) is 16.8. The molecule has 5 heteroatoms. The molecule has 4 aliphatic carbocycles. The predicted octanol–water partition coefficient (Wildman–Crippen LogP) is 5.49. The fourth-order valence-electron chi connectivity index (χ4n) is 6.49. The second-order valence-electron chi connectivity index (χ2n) is 9.16. The molecule has 3 nitrogen and oxygen atoms in total. The largest absolute Gasteiger partial charge is 0.306 e. The van der Waals surface area contributed by atoms with Crippen LogP contribution in [-0.4, -0.2) is 14.8 Å². The molecule has 0 amide bonds. The van der Waals surface area contributed by atoms with Crippen LogP contribution in [0.25, 0.3) is 0 Å². The predicted molar refractivity (Wildman–Crippen MR) is 106 cm³/mol. The van der Waals surface area contributed by atoms with E-state index >= 15 is 0 Å². The summed E-state index contributed by atoms with van der Waals surface area (Å²) in [7, 11) is 0. The van der Waals surface area contributed by atoms with Gasteiger partial charge in [0.25, 0.3) is 0 Å². The first-order chi connectivity index (χ1) is 13.1. The molecule has 4 fully saturated rings. The summed E-state index contributed by atoms with van der Waals surface area (Å²) in [6.45, 7) is 3.08. The zero-order valence-electron chi connectivity index (χ0n) is 16.0. The Kier molecular flexibility index (Phi) is 4.53. The van der Waals surface area contributed by atoms with Crippen LogP contribution in [0.1, 0.15) is 56.8 Å². The Bertz CT molecular complexity index is 795. The third-order valence-electron chi connectivity index (χ3n) is 7.06. The molecule has 2 aromatic rings. The minimum absolute atomic E-state index is 0.174. The Hall–Kier alpha value is -1.36. The molecule has 1 aromatic carbocycles. The number of thioether (sulfide) groups is 1. The van der Waals surface area contributed by atoms with E-state index in [1.807, 2.05) is 6.07 Å². The first-order valence-corrected chi connectivity index (χ1v) is 11.4. The van der Waals surface area contributed by atoms with E-state index in [1.165, 1.54) is 50.4 Å². The van der Waals surface area contributed by atoms with Crippen LogP contribution in [0.4, 0.5) is 4.39 Å². The molecule has 0 radical (unpaired) electrons. The van der Waals surface area contributed by atoms with Crippen molar-refractivity contribution in [1.29, 1.82) is 0 Å². The SMILES string of the molecule is CCn1c(CC23CC4CC(CC(C4)C2)C3)nnc1SCc1cccc(F)c1. The Morgan fingerprint density at radius 3 is 2.44 bits per heavy atom. The van der Waals surface area contributed by atoms with Crippen molar-refractivity contribution in [3.8, 4) is 0 Å². The quantitative estimate of drug-likeness (QED) is 0.616. The summed E-state index contributed by atoms with van der Waals surface area (Å²) in [4.78, 5) is 0. The molecule has 0 spiro atoms. The highest BCUT2D eigenvalue weighted by Crippen LogP contribution is 2.61. The molecule has 1 aromatic heterocycles. The van der Waals surface area contributed by atoms with Crippen molar-refractivity contribution in [2.75, 3.05) is 0 Å². The Morgan fingerprint density at radius 1 is 1.11 bits per heavy atom. The van der Waals surface area contributed by atoms with Crippen molar-refractivity contribution >= 4 is 11.8 Å². The van der Waals surface area contributed by atoms with E-state index in [0.29, 0.717) is 5.41 Å². The summed E-state index contributed by atoms with van der Waals surface area (Å²) in [5, 5.41) is 10.1. The van der Waals surface area contributed by atoms with Crippen LogP contribution in [0.2, 0.25) is 0 Å². The number of hydrogen-bond donors (Lipinski definition) is 0. The summed E-state index contributed by atoms with van der Waals surface area (Å²) in [6.07, 6.45) is 9.75. The monoisotopic (exact) mass is 385 g/mol. The number of hydrogen-bond acceptors (Lipinski definition) is 3. The molecule has 144 valence electrons. The van der Waals surface area contributed by atoms with Gasteiger partial charge in [-0.05, 0) is 86.3 Å². The van der Waals surface area contributed by atoms with Crippen LogP contribution in [-0.2, 0) is 18.7 Å². The van der Waals surface area contributed by atoms with E-state index in [2.05, 4.69) is 21.7 Å². The fourth-order valence-corrected chi connectivity index (χ4v) is 7.45. The van der Waals surface area contributed by atoms with Gasteiger partial charge in [0.1, 0.15) is 11.6 Å². The van der Waals surface area contributed by atoms with Crippen molar-refractivity contribution in [2.45, 2.75) is 69.3 Å². The van der Waals surface area contributed by atoms with Gasteiger partial charge >= 0.3 is 0 Å². The molecular weight excluding hydrogens is 357 g/mol. The molecule has 1 heterocycles. The number of halogens is 1. The van der Waals surface area contributed by atoms with Gasteiger partial charge in [-0.1, -0.05) is 23.9 Å². The van der Waals surface area contributed by atoms with Crippen LogP contribution in [0.3, 0.4) is 0 Å². The average molecular weight is 386 g/mol. The smallest absolute Gasteiger partial charge is 0.191 e. The number of nitrogens with zero attached hydrogens (tertiary/aromatic N) is 3. The summed E-state index contributed by atoms with van der Waals surface area (Å²) in [5.41, 5.74) is 1.48. The van der Waals surface area contributed by atoms with Gasteiger partial charge in [-0.15, -0.1) is 10.2 Å².